The van der Waals surface area contributed by atoms with Gasteiger partial charge in [-0.15, -0.1) is 0 Å². The van der Waals surface area contributed by atoms with E-state index in [2.05, 4.69) is 24.4 Å². The molecule has 1 N–H and O–H groups in total. The molecule has 0 aliphatic carbocycles. The number of carbonyl (C=O) groups excluding carboxylic acids is 1. The Morgan fingerprint density at radius 1 is 1.27 bits per heavy atom. The Kier molecular flexibility index (Phi) is 7.56. The molecule has 1 aromatic carbocycles. The van der Waals surface area contributed by atoms with Crippen molar-refractivity contribution < 1.29 is 4.79 Å². The zero-order valence-electron chi connectivity index (χ0n) is 10.1. The van der Waals surface area contributed by atoms with Gasteiger partial charge in [-0.05, 0) is 14.0 Å². The molecule has 1 aromatic rings. The molecule has 0 saturated heterocycles. The number of hydrogen-bond donors (Lipinski definition) is 1. The first-order valence-electron chi connectivity index (χ1n) is 5.27. The highest BCUT2D eigenvalue weighted by Gasteiger charge is 2.03. The monoisotopic (exact) mass is 207 g/mol. The van der Waals surface area contributed by atoms with Crippen molar-refractivity contribution in [2.24, 2.45) is 5.92 Å². The molecule has 2 nitrogen and oxygen atoms in total. The van der Waals surface area contributed by atoms with Crippen molar-refractivity contribution in [3.8, 4) is 0 Å². The van der Waals surface area contributed by atoms with Crippen LogP contribution in [-0.2, 0) is 4.79 Å². The zero-order valence-corrected chi connectivity index (χ0v) is 10.1. The zero-order chi connectivity index (χ0) is 11.7. The van der Waals surface area contributed by atoms with Crippen molar-refractivity contribution in [2.75, 3.05) is 13.6 Å². The van der Waals surface area contributed by atoms with E-state index in [-0.39, 0.29) is 11.7 Å². The van der Waals surface area contributed by atoms with Gasteiger partial charge in [0, 0.05) is 5.92 Å². The molecule has 2 heteroatoms. The summed E-state index contributed by atoms with van der Waals surface area (Å²) in [6.07, 6.45) is 0. The third-order valence-corrected chi connectivity index (χ3v) is 1.94. The summed E-state index contributed by atoms with van der Waals surface area (Å²) >= 11 is 0. The summed E-state index contributed by atoms with van der Waals surface area (Å²) in [5.41, 5.74) is 1.32. The van der Waals surface area contributed by atoms with Gasteiger partial charge in [0.25, 0.3) is 0 Å². The van der Waals surface area contributed by atoms with Crippen molar-refractivity contribution in [2.45, 2.75) is 20.8 Å². The van der Waals surface area contributed by atoms with Crippen molar-refractivity contribution in [1.82, 2.24) is 5.32 Å². The molecule has 1 rings (SSSR count). The maximum absolute atomic E-state index is 10.7. The first kappa shape index (κ1) is 13.8. The molecule has 0 heterocycles. The quantitative estimate of drug-likeness (QED) is 0.824. The van der Waals surface area contributed by atoms with Crippen LogP contribution in [0.1, 0.15) is 19.4 Å². The first-order chi connectivity index (χ1) is 7.07. The standard InChI is InChI=1S/C7H8.C6H13NO/c1-7-5-3-2-4-6-7;1-5(2)6(8)4-7-3/h2-6H,1H3;5,7H,4H2,1-3H3. The lowest BCUT2D eigenvalue weighted by atomic mass is 10.1. The highest BCUT2D eigenvalue weighted by molar-refractivity contribution is 5.82. The van der Waals surface area contributed by atoms with E-state index in [4.69, 9.17) is 0 Å². The second-order valence-corrected chi connectivity index (χ2v) is 3.81. The molecule has 0 bridgehead atoms. The fourth-order valence-corrected chi connectivity index (χ4v) is 0.913. The normalized spacial score (nSPS) is 9.40. The highest BCUT2D eigenvalue weighted by atomic mass is 16.1. The second-order valence-electron chi connectivity index (χ2n) is 3.81. The topological polar surface area (TPSA) is 29.1 Å². The number of likely N-dealkylation sites (N-methyl/N-ethyl adjacent to an activating group) is 1. The van der Waals surface area contributed by atoms with Gasteiger partial charge in [0.15, 0.2) is 0 Å². The molecule has 0 spiro atoms. The summed E-state index contributed by atoms with van der Waals surface area (Å²) < 4.78 is 0. The Hall–Kier alpha value is -1.15. The van der Waals surface area contributed by atoms with Gasteiger partial charge in [0.2, 0.25) is 0 Å². The van der Waals surface area contributed by atoms with Crippen LogP contribution in [-0.4, -0.2) is 19.4 Å². The van der Waals surface area contributed by atoms with Gasteiger partial charge in [-0.25, -0.2) is 0 Å². The summed E-state index contributed by atoms with van der Waals surface area (Å²) in [6, 6.07) is 10.3. The average molecular weight is 207 g/mol. The van der Waals surface area contributed by atoms with E-state index in [1.54, 1.807) is 7.05 Å². The number of aryl methyl sites for hydroxylation is 1. The van der Waals surface area contributed by atoms with Crippen LogP contribution in [0.2, 0.25) is 0 Å². The van der Waals surface area contributed by atoms with Crippen LogP contribution in [0.3, 0.4) is 0 Å². The molecule has 0 amide bonds. The summed E-state index contributed by atoms with van der Waals surface area (Å²) in [7, 11) is 1.78. The first-order valence-corrected chi connectivity index (χ1v) is 5.27. The number of benzene rings is 1. The minimum atomic E-state index is 0.169. The van der Waals surface area contributed by atoms with Gasteiger partial charge in [-0.3, -0.25) is 4.79 Å². The maximum Gasteiger partial charge on any atom is 0.149 e. The smallest absolute Gasteiger partial charge is 0.149 e. The van der Waals surface area contributed by atoms with E-state index in [0.29, 0.717) is 6.54 Å². The van der Waals surface area contributed by atoms with Gasteiger partial charge >= 0.3 is 0 Å². The van der Waals surface area contributed by atoms with Gasteiger partial charge in [0.1, 0.15) is 5.78 Å². The molecule has 84 valence electrons. The molecule has 0 atom stereocenters. The predicted molar refractivity (Wildman–Crippen MR) is 65.0 cm³/mol. The fraction of sp³-hybridized carbons (Fsp3) is 0.462. The van der Waals surface area contributed by atoms with E-state index in [1.807, 2.05) is 32.0 Å². The Morgan fingerprint density at radius 3 is 2.00 bits per heavy atom. The predicted octanol–water partition coefficient (Wildman–Crippen LogP) is 2.43. The summed E-state index contributed by atoms with van der Waals surface area (Å²) in [6.45, 7) is 6.39. The molecule has 0 aliphatic rings. The maximum atomic E-state index is 10.7. The average Bonchev–Trinajstić information content (AvgIpc) is 2.20. The number of carbonyl (C=O) groups is 1. The minimum Gasteiger partial charge on any atom is -0.313 e. The van der Waals surface area contributed by atoms with Crippen LogP contribution in [0, 0.1) is 12.8 Å². The largest absolute Gasteiger partial charge is 0.313 e. The van der Waals surface area contributed by atoms with Crippen LogP contribution < -0.4 is 5.32 Å². The van der Waals surface area contributed by atoms with Gasteiger partial charge in [0.05, 0.1) is 6.54 Å². The van der Waals surface area contributed by atoms with Crippen molar-refractivity contribution >= 4 is 5.78 Å². The van der Waals surface area contributed by atoms with Gasteiger partial charge < -0.3 is 5.32 Å². The van der Waals surface area contributed by atoms with Crippen LogP contribution in [0.4, 0.5) is 0 Å². The summed E-state index contributed by atoms with van der Waals surface area (Å²) in [5, 5.41) is 2.80. The molecule has 0 radical (unpaired) electrons. The second kappa shape index (κ2) is 8.18. The molecule has 0 aromatic heterocycles. The number of hydrogen-bond acceptors (Lipinski definition) is 2. The van der Waals surface area contributed by atoms with Crippen LogP contribution >= 0.6 is 0 Å². The number of rotatable bonds is 3. The van der Waals surface area contributed by atoms with Gasteiger partial charge in [-0.1, -0.05) is 49.7 Å². The molecular formula is C13H21NO. The Bertz CT molecular complexity index is 267. The van der Waals surface area contributed by atoms with E-state index in [9.17, 15) is 4.79 Å². The Morgan fingerprint density at radius 2 is 1.80 bits per heavy atom. The number of ketones is 1. The van der Waals surface area contributed by atoms with E-state index >= 15 is 0 Å². The summed E-state index contributed by atoms with van der Waals surface area (Å²) in [4.78, 5) is 10.7. The third-order valence-electron chi connectivity index (χ3n) is 1.94. The minimum absolute atomic E-state index is 0.169. The Balaban J connectivity index is 0.000000262. The van der Waals surface area contributed by atoms with E-state index < -0.39 is 0 Å². The number of Topliss-reactive ketones (excluding diaryl/α,β-unsaturated/α-hetero) is 1. The van der Waals surface area contributed by atoms with Crippen molar-refractivity contribution in [3.05, 3.63) is 35.9 Å². The van der Waals surface area contributed by atoms with Crippen molar-refractivity contribution in [3.63, 3.8) is 0 Å². The molecular weight excluding hydrogens is 186 g/mol. The van der Waals surface area contributed by atoms with Crippen LogP contribution in [0.15, 0.2) is 30.3 Å². The van der Waals surface area contributed by atoms with E-state index in [0.717, 1.165) is 0 Å². The SMILES string of the molecule is CNCC(=O)C(C)C.Cc1ccccc1. The van der Waals surface area contributed by atoms with Crippen LogP contribution in [0.25, 0.3) is 0 Å². The number of nitrogens with one attached hydrogen (secondary N) is 1. The molecule has 15 heavy (non-hydrogen) atoms. The van der Waals surface area contributed by atoms with Crippen molar-refractivity contribution in [1.29, 1.82) is 0 Å². The molecule has 0 unspecified atom stereocenters. The molecule has 0 aliphatic heterocycles. The lowest BCUT2D eigenvalue weighted by molar-refractivity contribution is -0.120. The summed E-state index contributed by atoms with van der Waals surface area (Å²) in [5.74, 6) is 0.440. The molecule has 0 saturated carbocycles. The third kappa shape index (κ3) is 7.89. The fourth-order valence-electron chi connectivity index (χ4n) is 0.913. The Labute approximate surface area is 92.7 Å². The van der Waals surface area contributed by atoms with Crippen LogP contribution in [0.5, 0.6) is 0 Å². The van der Waals surface area contributed by atoms with E-state index in [1.165, 1.54) is 5.56 Å². The lowest BCUT2D eigenvalue weighted by Crippen LogP contribution is -2.22. The lowest BCUT2D eigenvalue weighted by Gasteiger charge is -2.00. The highest BCUT2D eigenvalue weighted by Crippen LogP contribution is 1.92. The molecule has 0 fully saturated rings. The van der Waals surface area contributed by atoms with Gasteiger partial charge in [-0.2, -0.15) is 0 Å².